The van der Waals surface area contributed by atoms with Gasteiger partial charge in [0.2, 0.25) is 0 Å². The van der Waals surface area contributed by atoms with Crippen molar-refractivity contribution in [3.63, 3.8) is 0 Å². The number of Topliss-reactive ketones (excluding diaryl/α,β-unsaturated/α-hetero) is 1. The maximum Gasteiger partial charge on any atom is 0.136 e. The third kappa shape index (κ3) is 1.14. The first-order valence-corrected chi connectivity index (χ1v) is 6.03. The zero-order chi connectivity index (χ0) is 11.2. The summed E-state index contributed by atoms with van der Waals surface area (Å²) >= 11 is 1.64. The Hall–Kier alpha value is -1.66. The van der Waals surface area contributed by atoms with Crippen molar-refractivity contribution in [2.45, 2.75) is 18.3 Å². The Labute approximate surface area is 97.1 Å². The van der Waals surface area contributed by atoms with Crippen LogP contribution < -0.4 is 0 Å². The van der Waals surface area contributed by atoms with Gasteiger partial charge in [0.05, 0.1) is 11.5 Å². The number of nitriles is 1. The first-order valence-electron chi connectivity index (χ1n) is 5.15. The van der Waals surface area contributed by atoms with Gasteiger partial charge in [-0.2, -0.15) is 5.26 Å². The molecule has 1 aromatic heterocycles. The topological polar surface area (TPSA) is 40.9 Å². The van der Waals surface area contributed by atoms with Crippen LogP contribution in [0.3, 0.4) is 0 Å². The molecular formula is C13H9NOS. The maximum absolute atomic E-state index is 11.2. The van der Waals surface area contributed by atoms with Crippen LogP contribution in [0.2, 0.25) is 0 Å². The Morgan fingerprint density at radius 3 is 2.75 bits per heavy atom. The lowest BCUT2D eigenvalue weighted by molar-refractivity contribution is -0.126. The highest BCUT2D eigenvalue weighted by atomic mass is 32.1. The van der Waals surface area contributed by atoms with Crippen LogP contribution >= 0.6 is 11.3 Å². The molecule has 1 saturated carbocycles. The number of fused-ring (bicyclic) bond motifs is 1. The van der Waals surface area contributed by atoms with Gasteiger partial charge in [-0.3, -0.25) is 4.79 Å². The molecule has 3 rings (SSSR count). The fourth-order valence-corrected chi connectivity index (χ4v) is 3.36. The van der Waals surface area contributed by atoms with E-state index in [9.17, 15) is 10.1 Å². The number of nitrogens with zero attached hydrogens (tertiary/aromatic N) is 1. The molecule has 0 saturated heterocycles. The summed E-state index contributed by atoms with van der Waals surface area (Å²) in [4.78, 5) is 11.2. The number of hydrogen-bond acceptors (Lipinski definition) is 3. The van der Waals surface area contributed by atoms with Crippen molar-refractivity contribution in [3.8, 4) is 6.07 Å². The molecule has 16 heavy (non-hydrogen) atoms. The number of benzene rings is 1. The third-order valence-electron chi connectivity index (χ3n) is 3.21. The molecular weight excluding hydrogens is 218 g/mol. The van der Waals surface area contributed by atoms with E-state index in [0.717, 1.165) is 10.9 Å². The molecule has 3 heteroatoms. The van der Waals surface area contributed by atoms with Crippen molar-refractivity contribution in [3.05, 3.63) is 35.2 Å². The van der Waals surface area contributed by atoms with Crippen molar-refractivity contribution < 1.29 is 4.79 Å². The summed E-state index contributed by atoms with van der Waals surface area (Å²) in [5, 5.41) is 12.4. The van der Waals surface area contributed by atoms with Crippen LogP contribution in [0.4, 0.5) is 0 Å². The lowest BCUT2D eigenvalue weighted by Gasteiger charge is -2.33. The molecule has 1 aliphatic rings. The number of carbonyl (C=O) groups excluding carboxylic acids is 1. The van der Waals surface area contributed by atoms with Crippen LogP contribution in [0, 0.1) is 11.3 Å². The second-order valence-electron chi connectivity index (χ2n) is 4.23. The molecule has 1 fully saturated rings. The normalized spacial score (nSPS) is 18.1. The van der Waals surface area contributed by atoms with Crippen molar-refractivity contribution in [1.82, 2.24) is 0 Å². The molecule has 0 N–H and O–H groups in total. The van der Waals surface area contributed by atoms with Crippen molar-refractivity contribution >= 4 is 27.2 Å². The molecule has 1 aromatic carbocycles. The molecule has 0 unspecified atom stereocenters. The highest BCUT2D eigenvalue weighted by molar-refractivity contribution is 7.17. The summed E-state index contributed by atoms with van der Waals surface area (Å²) in [6.45, 7) is 0. The zero-order valence-corrected chi connectivity index (χ0v) is 9.38. The third-order valence-corrected chi connectivity index (χ3v) is 4.17. The zero-order valence-electron chi connectivity index (χ0n) is 8.56. The van der Waals surface area contributed by atoms with Gasteiger partial charge in [-0.05, 0) is 22.4 Å². The van der Waals surface area contributed by atoms with Crippen LogP contribution in [0.1, 0.15) is 18.4 Å². The molecule has 0 aliphatic heterocycles. The summed E-state index contributed by atoms with van der Waals surface area (Å²) < 4.78 is 1.19. The van der Waals surface area contributed by atoms with Crippen molar-refractivity contribution in [2.75, 3.05) is 0 Å². The predicted octanol–water partition coefficient (Wildman–Crippen LogP) is 3.03. The minimum Gasteiger partial charge on any atom is -0.300 e. The second kappa shape index (κ2) is 3.16. The highest BCUT2D eigenvalue weighted by Gasteiger charge is 2.46. The first kappa shape index (κ1) is 9.56. The Morgan fingerprint density at radius 1 is 1.31 bits per heavy atom. The minimum absolute atomic E-state index is 0.192. The standard InChI is InChI=1S/C13H9NOS/c14-8-13(5-9(15)6-13)11-7-16-12-4-2-1-3-10(11)12/h1-4,7H,5-6H2. The molecule has 1 aliphatic carbocycles. The van der Waals surface area contributed by atoms with Crippen LogP contribution in [0.25, 0.3) is 10.1 Å². The molecule has 1 heterocycles. The summed E-state index contributed by atoms with van der Waals surface area (Å²) in [6.07, 6.45) is 0.758. The van der Waals surface area contributed by atoms with Crippen molar-refractivity contribution in [1.29, 1.82) is 5.26 Å². The molecule has 78 valence electrons. The largest absolute Gasteiger partial charge is 0.300 e. The van der Waals surface area contributed by atoms with Crippen LogP contribution in [-0.2, 0) is 10.2 Å². The van der Waals surface area contributed by atoms with E-state index in [4.69, 9.17) is 0 Å². The summed E-state index contributed by atoms with van der Waals surface area (Å²) in [7, 11) is 0. The molecule has 0 atom stereocenters. The van der Waals surface area contributed by atoms with E-state index < -0.39 is 5.41 Å². The number of hydrogen-bond donors (Lipinski definition) is 0. The number of carbonyl (C=O) groups is 1. The SMILES string of the molecule is N#CC1(c2csc3ccccc23)CC(=O)C1. The predicted molar refractivity (Wildman–Crippen MR) is 63.4 cm³/mol. The van der Waals surface area contributed by atoms with Crippen LogP contribution in [0.15, 0.2) is 29.6 Å². The average molecular weight is 227 g/mol. The fourth-order valence-electron chi connectivity index (χ4n) is 2.30. The van der Waals surface area contributed by atoms with Gasteiger partial charge in [-0.1, -0.05) is 18.2 Å². The average Bonchev–Trinajstić information content (AvgIpc) is 2.68. The Kier molecular flexibility index (Phi) is 1.89. The van der Waals surface area contributed by atoms with Crippen LogP contribution in [-0.4, -0.2) is 5.78 Å². The van der Waals surface area contributed by atoms with E-state index in [1.807, 2.05) is 23.6 Å². The molecule has 2 aromatic rings. The van der Waals surface area contributed by atoms with Gasteiger partial charge in [-0.25, -0.2) is 0 Å². The summed E-state index contributed by atoms with van der Waals surface area (Å²) in [5.41, 5.74) is 0.492. The Morgan fingerprint density at radius 2 is 2.06 bits per heavy atom. The molecule has 0 bridgehead atoms. The molecule has 0 radical (unpaired) electrons. The van der Waals surface area contributed by atoms with Gasteiger partial charge < -0.3 is 0 Å². The van der Waals surface area contributed by atoms with Gasteiger partial charge in [0.25, 0.3) is 0 Å². The van der Waals surface area contributed by atoms with E-state index in [1.54, 1.807) is 11.3 Å². The van der Waals surface area contributed by atoms with Gasteiger partial charge in [0.15, 0.2) is 0 Å². The van der Waals surface area contributed by atoms with E-state index in [1.165, 1.54) is 4.70 Å². The minimum atomic E-state index is -0.545. The second-order valence-corrected chi connectivity index (χ2v) is 5.14. The smallest absolute Gasteiger partial charge is 0.136 e. The Balaban J connectivity index is 2.20. The number of thiophene rings is 1. The quantitative estimate of drug-likeness (QED) is 0.751. The number of ketones is 1. The Bertz CT molecular complexity index is 612. The highest BCUT2D eigenvalue weighted by Crippen LogP contribution is 2.45. The fraction of sp³-hybridized carbons (Fsp3) is 0.231. The van der Waals surface area contributed by atoms with Crippen molar-refractivity contribution in [2.24, 2.45) is 0 Å². The molecule has 2 nitrogen and oxygen atoms in total. The van der Waals surface area contributed by atoms with Gasteiger partial charge in [-0.15, -0.1) is 11.3 Å². The van der Waals surface area contributed by atoms with E-state index in [0.29, 0.717) is 12.8 Å². The van der Waals surface area contributed by atoms with E-state index >= 15 is 0 Å². The lowest BCUT2D eigenvalue weighted by Crippen LogP contribution is -2.40. The van der Waals surface area contributed by atoms with Crippen LogP contribution in [0.5, 0.6) is 0 Å². The molecule has 0 spiro atoms. The van der Waals surface area contributed by atoms with Gasteiger partial charge >= 0.3 is 0 Å². The van der Waals surface area contributed by atoms with E-state index in [-0.39, 0.29) is 5.78 Å². The van der Waals surface area contributed by atoms with Gasteiger partial charge in [0, 0.05) is 17.5 Å². The lowest BCUT2D eigenvalue weighted by atomic mass is 9.65. The maximum atomic E-state index is 11.2. The first-order chi connectivity index (χ1) is 7.75. The number of rotatable bonds is 1. The summed E-state index contributed by atoms with van der Waals surface area (Å²) in [5.74, 6) is 0.192. The summed E-state index contributed by atoms with van der Waals surface area (Å²) in [6, 6.07) is 10.4. The van der Waals surface area contributed by atoms with Gasteiger partial charge in [0.1, 0.15) is 5.78 Å². The molecule has 0 amide bonds. The van der Waals surface area contributed by atoms with E-state index in [2.05, 4.69) is 12.1 Å². The monoisotopic (exact) mass is 227 g/mol.